The van der Waals surface area contributed by atoms with Crippen LogP contribution in [0.4, 0.5) is 4.39 Å². The van der Waals surface area contributed by atoms with Crippen LogP contribution in [0.1, 0.15) is 48.0 Å². The van der Waals surface area contributed by atoms with Crippen LogP contribution in [-0.2, 0) is 10.0 Å². The van der Waals surface area contributed by atoms with E-state index in [4.69, 9.17) is 4.99 Å². The predicted octanol–water partition coefficient (Wildman–Crippen LogP) is 3.18. The third-order valence-corrected chi connectivity index (χ3v) is 5.51. The van der Waals surface area contributed by atoms with Crippen LogP contribution in [0.2, 0.25) is 0 Å². The van der Waals surface area contributed by atoms with Crippen molar-refractivity contribution in [3.63, 3.8) is 0 Å². The highest BCUT2D eigenvalue weighted by atomic mass is 32.2. The lowest BCUT2D eigenvalue weighted by Gasteiger charge is -2.38. The molecule has 0 aromatic rings. The van der Waals surface area contributed by atoms with Crippen molar-refractivity contribution in [2.24, 2.45) is 16.3 Å². The second-order valence-corrected chi connectivity index (χ2v) is 9.46. The molecule has 1 saturated heterocycles. The molecule has 1 N–H and O–H groups in total. The Balaban J connectivity index is 2.40. The molecule has 0 aromatic carbocycles. The van der Waals surface area contributed by atoms with Crippen molar-refractivity contribution in [2.75, 3.05) is 6.54 Å². The molecule has 1 fully saturated rings. The first-order valence-electron chi connectivity index (χ1n) is 8.34. The number of amidine groups is 1. The fourth-order valence-electron chi connectivity index (χ4n) is 3.74. The highest BCUT2D eigenvalue weighted by molar-refractivity contribution is 7.92. The first kappa shape index (κ1) is 19.1. The monoisotopic (exact) mass is 357 g/mol. The van der Waals surface area contributed by atoms with E-state index in [0.29, 0.717) is 18.4 Å². The van der Waals surface area contributed by atoms with Gasteiger partial charge in [-0.3, -0.25) is 4.99 Å². The molecular formula is C17H28FN3O2S. The molecule has 0 saturated carbocycles. The summed E-state index contributed by atoms with van der Waals surface area (Å²) in [6.07, 6.45) is 0.648. The Morgan fingerprint density at radius 3 is 2.50 bits per heavy atom. The van der Waals surface area contributed by atoms with Gasteiger partial charge in [-0.25, -0.2) is 17.5 Å². The number of hydrogen-bond donors (Lipinski definition) is 1. The number of nitrogens with one attached hydrogen (secondary N) is 1. The van der Waals surface area contributed by atoms with Crippen molar-refractivity contribution in [3.05, 3.63) is 23.0 Å². The first-order chi connectivity index (χ1) is 11.0. The fraction of sp³-hybridized carbons (Fsp3) is 0.706. The molecule has 0 aliphatic carbocycles. The topological polar surface area (TPSA) is 61.8 Å². The minimum absolute atomic E-state index is 0.0492. The lowest BCUT2D eigenvalue weighted by atomic mass is 9.79. The summed E-state index contributed by atoms with van der Waals surface area (Å²) in [5.41, 5.74) is 2.35. The summed E-state index contributed by atoms with van der Waals surface area (Å²) in [7, 11) is -3.76. The molecular weight excluding hydrogens is 329 g/mol. The number of fused-ring (bicyclic) bond motifs is 1. The van der Waals surface area contributed by atoms with Crippen molar-refractivity contribution in [3.8, 4) is 0 Å². The third-order valence-electron chi connectivity index (χ3n) is 4.39. The maximum atomic E-state index is 12.3. The number of sulfonamides is 1. The van der Waals surface area contributed by atoms with Crippen molar-refractivity contribution in [1.29, 1.82) is 0 Å². The van der Waals surface area contributed by atoms with Gasteiger partial charge in [-0.2, -0.15) is 0 Å². The highest BCUT2D eigenvalue weighted by Gasteiger charge is 2.40. The zero-order valence-electron chi connectivity index (χ0n) is 15.3. The summed E-state index contributed by atoms with van der Waals surface area (Å²) in [4.78, 5) is 7.02. The average Bonchev–Trinajstić information content (AvgIpc) is 2.76. The number of nitrogens with zero attached hydrogens (tertiary/aromatic N) is 2. The van der Waals surface area contributed by atoms with Gasteiger partial charge in [0.05, 0.1) is 17.8 Å². The van der Waals surface area contributed by atoms with E-state index in [1.807, 2.05) is 0 Å². The zero-order valence-corrected chi connectivity index (χ0v) is 16.1. The van der Waals surface area contributed by atoms with Crippen LogP contribution in [0.3, 0.4) is 0 Å². The van der Waals surface area contributed by atoms with Crippen LogP contribution in [-0.4, -0.2) is 37.8 Å². The van der Waals surface area contributed by atoms with E-state index in [-0.39, 0.29) is 29.7 Å². The smallest absolute Gasteiger partial charge is 0.236 e. The van der Waals surface area contributed by atoms with Gasteiger partial charge in [-0.05, 0) is 17.9 Å². The molecule has 0 unspecified atom stereocenters. The zero-order chi connectivity index (χ0) is 18.3. The first-order valence-corrected chi connectivity index (χ1v) is 9.88. The minimum Gasteiger partial charge on any atom is -0.332 e. The van der Waals surface area contributed by atoms with E-state index >= 15 is 0 Å². The van der Waals surface area contributed by atoms with E-state index in [9.17, 15) is 12.8 Å². The van der Waals surface area contributed by atoms with Crippen molar-refractivity contribution in [1.82, 2.24) is 9.62 Å². The van der Waals surface area contributed by atoms with Crippen LogP contribution in [0.25, 0.3) is 0 Å². The SMILES string of the molecule is CC(C)C1=N[C@@H](C)C(C(C)(C)C)=C2C[C@H](NS(=O)(=O)/C=C/F)CN12. The summed E-state index contributed by atoms with van der Waals surface area (Å²) in [5, 5.41) is 0.559. The van der Waals surface area contributed by atoms with Crippen molar-refractivity contribution in [2.45, 2.75) is 60.0 Å². The van der Waals surface area contributed by atoms with E-state index in [1.54, 1.807) is 0 Å². The fourth-order valence-corrected chi connectivity index (χ4v) is 4.57. The Morgan fingerprint density at radius 1 is 1.38 bits per heavy atom. The Hall–Kier alpha value is -1.21. The van der Waals surface area contributed by atoms with E-state index in [1.165, 1.54) is 5.57 Å². The predicted molar refractivity (Wildman–Crippen MR) is 95.6 cm³/mol. The molecule has 2 rings (SSSR count). The third kappa shape index (κ3) is 3.88. The van der Waals surface area contributed by atoms with Gasteiger partial charge in [0, 0.05) is 30.6 Å². The highest BCUT2D eigenvalue weighted by Crippen LogP contribution is 2.41. The molecule has 24 heavy (non-hydrogen) atoms. The van der Waals surface area contributed by atoms with Crippen LogP contribution in [0.5, 0.6) is 0 Å². The molecule has 0 radical (unpaired) electrons. The van der Waals surface area contributed by atoms with Crippen LogP contribution in [0.15, 0.2) is 28.0 Å². The van der Waals surface area contributed by atoms with Gasteiger partial charge in [0.1, 0.15) is 5.84 Å². The quantitative estimate of drug-likeness (QED) is 0.840. The van der Waals surface area contributed by atoms with E-state index < -0.39 is 10.0 Å². The summed E-state index contributed by atoms with van der Waals surface area (Å²) < 4.78 is 38.5. The normalized spacial score (nSPS) is 25.7. The molecule has 2 heterocycles. The molecule has 7 heteroatoms. The van der Waals surface area contributed by atoms with Gasteiger partial charge in [0.15, 0.2) is 0 Å². The molecule has 0 bridgehead atoms. The number of halogens is 1. The average molecular weight is 357 g/mol. The van der Waals surface area contributed by atoms with E-state index in [2.05, 4.69) is 51.2 Å². The maximum Gasteiger partial charge on any atom is 0.236 e. The Morgan fingerprint density at radius 2 is 2.00 bits per heavy atom. The maximum absolute atomic E-state index is 12.3. The Bertz CT molecular complexity index is 687. The molecule has 0 amide bonds. The molecule has 0 spiro atoms. The van der Waals surface area contributed by atoms with E-state index in [0.717, 1.165) is 11.5 Å². The molecule has 5 nitrogen and oxygen atoms in total. The lowest BCUT2D eigenvalue weighted by Crippen LogP contribution is -2.41. The Kier molecular flexibility index (Phi) is 5.25. The van der Waals surface area contributed by atoms with Gasteiger partial charge in [0.25, 0.3) is 0 Å². The summed E-state index contributed by atoms with van der Waals surface area (Å²) >= 11 is 0. The molecule has 136 valence electrons. The number of rotatable bonds is 4. The molecule has 2 aliphatic heterocycles. The minimum atomic E-state index is -3.76. The molecule has 2 atom stereocenters. The summed E-state index contributed by atoms with van der Waals surface area (Å²) in [5.74, 6) is 1.25. The van der Waals surface area contributed by atoms with Gasteiger partial charge in [-0.15, -0.1) is 0 Å². The van der Waals surface area contributed by atoms with Gasteiger partial charge in [0.2, 0.25) is 10.0 Å². The molecule has 0 aromatic heterocycles. The second-order valence-electron chi connectivity index (χ2n) is 7.86. The number of hydrogen-bond acceptors (Lipinski definition) is 4. The number of aliphatic imine (C=N–C) groups is 1. The summed E-state index contributed by atoms with van der Waals surface area (Å²) in [6, 6.07) is -0.206. The standard InChI is InChI=1S/C17H28FN3O2S/c1-11(2)16-19-12(3)15(17(4,5)6)14-9-13(10-21(14)16)20-24(22,23)8-7-18/h7-8,11-13,20H,9-10H2,1-6H3/b8-7+/t12-,13-/m0/s1. The van der Waals surface area contributed by atoms with Gasteiger partial charge >= 0.3 is 0 Å². The van der Waals surface area contributed by atoms with Crippen molar-refractivity contribution >= 4 is 15.9 Å². The van der Waals surface area contributed by atoms with Gasteiger partial charge < -0.3 is 4.90 Å². The lowest BCUT2D eigenvalue weighted by molar-refractivity contribution is 0.415. The second kappa shape index (κ2) is 6.59. The largest absolute Gasteiger partial charge is 0.332 e. The Labute approximate surface area is 144 Å². The van der Waals surface area contributed by atoms with Crippen LogP contribution >= 0.6 is 0 Å². The van der Waals surface area contributed by atoms with Crippen LogP contribution < -0.4 is 4.72 Å². The van der Waals surface area contributed by atoms with Crippen molar-refractivity contribution < 1.29 is 12.8 Å². The molecule has 2 aliphatic rings. The summed E-state index contributed by atoms with van der Waals surface area (Å²) in [6.45, 7) is 13.3. The van der Waals surface area contributed by atoms with Gasteiger partial charge in [-0.1, -0.05) is 34.6 Å². The van der Waals surface area contributed by atoms with Crippen LogP contribution in [0, 0.1) is 11.3 Å².